The number of aliphatic carboxylic acids is 1. The van der Waals surface area contributed by atoms with Gasteiger partial charge in [0.15, 0.2) is 0 Å². The van der Waals surface area contributed by atoms with Crippen molar-refractivity contribution >= 4 is 32.5 Å². The molecule has 0 bridgehead atoms. The maximum Gasteiger partial charge on any atom is 0.303 e. The van der Waals surface area contributed by atoms with Gasteiger partial charge in [0.1, 0.15) is 0 Å². The topological polar surface area (TPSA) is 86.7 Å². The molecule has 0 spiro atoms. The van der Waals surface area contributed by atoms with Gasteiger partial charge in [-0.3, -0.25) is 4.79 Å². The summed E-state index contributed by atoms with van der Waals surface area (Å²) >= 11 is 0. The smallest absolute Gasteiger partial charge is 0.303 e. The van der Waals surface area contributed by atoms with Gasteiger partial charge in [0.25, 0.3) is 0 Å². The van der Waals surface area contributed by atoms with Crippen LogP contribution in [0.2, 0.25) is 0 Å². The number of carboxylic acids is 1. The standard InChI is InChI=1S/C36H52N2O4S/c1-23(12-17-34(39)40)29-15-16-30-28-14-13-24-22-25(18-20-35(24,2)31(28)19-21-36(29,30)3)37-43(41,42)33-11-7-8-26-27(33)9-6-10-32(26)38(4)5/h6-11,23-25,28-31,37H,12-22H2,1-5H3,(H,39,40)/t23-,24-,25?,28+,29?,30+,31+,35+,36-/m1/s1. The van der Waals surface area contributed by atoms with E-state index in [9.17, 15) is 18.3 Å². The summed E-state index contributed by atoms with van der Waals surface area (Å²) in [6.45, 7) is 7.38. The lowest BCUT2D eigenvalue weighted by Crippen LogP contribution is -2.55. The Morgan fingerprint density at radius 2 is 1.65 bits per heavy atom. The monoisotopic (exact) mass is 608 g/mol. The molecule has 43 heavy (non-hydrogen) atoms. The van der Waals surface area contributed by atoms with Crippen LogP contribution in [0.5, 0.6) is 0 Å². The van der Waals surface area contributed by atoms with Gasteiger partial charge in [-0.25, -0.2) is 13.1 Å². The Balaban J connectivity index is 1.16. The molecule has 4 saturated carbocycles. The largest absolute Gasteiger partial charge is 0.481 e. The summed E-state index contributed by atoms with van der Waals surface area (Å²) in [7, 11) is 0.318. The van der Waals surface area contributed by atoms with Crippen LogP contribution in [0.25, 0.3) is 10.8 Å². The Labute approximate surface area is 259 Å². The number of nitrogens with zero attached hydrogens (tertiary/aromatic N) is 1. The molecule has 0 saturated heterocycles. The Bertz CT molecular complexity index is 1470. The molecule has 7 heteroatoms. The maximum atomic E-state index is 13.8. The highest BCUT2D eigenvalue weighted by atomic mass is 32.2. The van der Waals surface area contributed by atoms with E-state index in [1.54, 1.807) is 6.07 Å². The second-order valence-electron chi connectivity index (χ2n) is 15.4. The molecule has 236 valence electrons. The maximum absolute atomic E-state index is 13.8. The van der Waals surface area contributed by atoms with Crippen molar-refractivity contribution in [2.24, 2.45) is 46.3 Å². The molecule has 0 heterocycles. The number of hydrogen-bond donors (Lipinski definition) is 2. The van der Waals surface area contributed by atoms with Crippen molar-refractivity contribution in [3.63, 3.8) is 0 Å². The predicted molar refractivity (Wildman–Crippen MR) is 174 cm³/mol. The van der Waals surface area contributed by atoms with Crippen LogP contribution in [0.15, 0.2) is 41.3 Å². The van der Waals surface area contributed by atoms with Crippen LogP contribution in [-0.4, -0.2) is 39.6 Å². The van der Waals surface area contributed by atoms with Crippen LogP contribution in [-0.2, 0) is 14.8 Å². The Hall–Kier alpha value is -2.12. The first-order valence-electron chi connectivity index (χ1n) is 16.8. The molecule has 6 nitrogen and oxygen atoms in total. The number of carboxylic acid groups (broad SMARTS) is 1. The summed E-state index contributed by atoms with van der Waals surface area (Å²) in [5.41, 5.74) is 1.63. The first-order chi connectivity index (χ1) is 20.3. The fraction of sp³-hybridized carbons (Fsp3) is 0.694. The lowest BCUT2D eigenvalue weighted by molar-refractivity contribution is -0.137. The molecule has 0 amide bonds. The average molecular weight is 609 g/mol. The van der Waals surface area contributed by atoms with E-state index in [1.165, 1.54) is 38.5 Å². The van der Waals surface area contributed by atoms with Crippen LogP contribution in [0.4, 0.5) is 5.69 Å². The van der Waals surface area contributed by atoms with Crippen LogP contribution in [0.3, 0.4) is 0 Å². The van der Waals surface area contributed by atoms with Crippen LogP contribution < -0.4 is 9.62 Å². The number of hydrogen-bond acceptors (Lipinski definition) is 4. The lowest BCUT2D eigenvalue weighted by atomic mass is 9.44. The minimum atomic E-state index is -3.66. The van der Waals surface area contributed by atoms with Crippen molar-refractivity contribution in [1.29, 1.82) is 0 Å². The van der Waals surface area contributed by atoms with Crippen LogP contribution >= 0.6 is 0 Å². The first kappa shape index (κ1) is 30.9. The van der Waals surface area contributed by atoms with E-state index in [4.69, 9.17) is 0 Å². The van der Waals surface area contributed by atoms with Crippen molar-refractivity contribution in [2.45, 2.75) is 102 Å². The molecule has 4 fully saturated rings. The highest BCUT2D eigenvalue weighted by Crippen LogP contribution is 2.68. The molecule has 9 atom stereocenters. The number of anilines is 1. The van der Waals surface area contributed by atoms with E-state index >= 15 is 0 Å². The number of nitrogens with one attached hydrogen (secondary N) is 1. The summed E-state index contributed by atoms with van der Waals surface area (Å²) in [4.78, 5) is 13.7. The van der Waals surface area contributed by atoms with Gasteiger partial charge in [-0.1, -0.05) is 45.0 Å². The van der Waals surface area contributed by atoms with E-state index in [2.05, 4.69) is 25.5 Å². The normalized spacial score (nSPS) is 36.4. The van der Waals surface area contributed by atoms with Crippen molar-refractivity contribution in [3.8, 4) is 0 Å². The van der Waals surface area contributed by atoms with E-state index in [0.29, 0.717) is 28.1 Å². The van der Waals surface area contributed by atoms with Crippen molar-refractivity contribution < 1.29 is 18.3 Å². The number of benzene rings is 2. The molecule has 0 aromatic heterocycles. The highest BCUT2D eigenvalue weighted by Gasteiger charge is 2.60. The van der Waals surface area contributed by atoms with Crippen LogP contribution in [0, 0.1) is 46.3 Å². The molecule has 2 aromatic rings. The summed E-state index contributed by atoms with van der Waals surface area (Å²) in [6.07, 6.45) is 11.5. The van der Waals surface area contributed by atoms with E-state index in [-0.39, 0.29) is 17.9 Å². The second kappa shape index (κ2) is 11.3. The van der Waals surface area contributed by atoms with E-state index < -0.39 is 16.0 Å². The van der Waals surface area contributed by atoms with Gasteiger partial charge in [0, 0.05) is 43.0 Å². The number of sulfonamides is 1. The molecule has 2 aromatic carbocycles. The van der Waals surface area contributed by atoms with E-state index in [0.717, 1.165) is 59.9 Å². The Morgan fingerprint density at radius 1 is 0.953 bits per heavy atom. The van der Waals surface area contributed by atoms with Gasteiger partial charge in [-0.2, -0.15) is 0 Å². The predicted octanol–water partition coefficient (Wildman–Crippen LogP) is 7.71. The molecule has 6 rings (SSSR count). The van der Waals surface area contributed by atoms with Crippen molar-refractivity contribution in [1.82, 2.24) is 4.72 Å². The summed E-state index contributed by atoms with van der Waals surface area (Å²) in [5.74, 6) is 3.21. The molecule has 0 aliphatic heterocycles. The number of rotatable bonds is 8. The molecular formula is C36H52N2O4S. The summed E-state index contributed by atoms with van der Waals surface area (Å²) < 4.78 is 30.8. The minimum absolute atomic E-state index is 0.0216. The highest BCUT2D eigenvalue weighted by molar-refractivity contribution is 7.89. The second-order valence-corrected chi connectivity index (χ2v) is 17.1. The average Bonchev–Trinajstić information content (AvgIpc) is 3.32. The van der Waals surface area contributed by atoms with Gasteiger partial charge in [-0.15, -0.1) is 0 Å². The van der Waals surface area contributed by atoms with Gasteiger partial charge in [0.05, 0.1) is 4.90 Å². The molecular weight excluding hydrogens is 556 g/mol. The minimum Gasteiger partial charge on any atom is -0.481 e. The molecule has 4 aliphatic carbocycles. The van der Waals surface area contributed by atoms with Gasteiger partial charge in [-0.05, 0) is 123 Å². The van der Waals surface area contributed by atoms with Gasteiger partial charge >= 0.3 is 5.97 Å². The van der Waals surface area contributed by atoms with Crippen molar-refractivity contribution in [3.05, 3.63) is 36.4 Å². The quantitative estimate of drug-likeness (QED) is 0.321. The van der Waals surface area contributed by atoms with E-state index in [1.807, 2.05) is 49.3 Å². The summed E-state index contributed by atoms with van der Waals surface area (Å²) in [5, 5.41) is 11.0. The Kier molecular flexibility index (Phi) is 8.15. The first-order valence-corrected chi connectivity index (χ1v) is 18.3. The van der Waals surface area contributed by atoms with Gasteiger partial charge in [0.2, 0.25) is 10.0 Å². The molecule has 4 aliphatic rings. The Morgan fingerprint density at radius 3 is 2.40 bits per heavy atom. The third kappa shape index (κ3) is 5.30. The van der Waals surface area contributed by atoms with Crippen molar-refractivity contribution in [2.75, 3.05) is 19.0 Å². The fourth-order valence-electron chi connectivity index (χ4n) is 11.1. The SMILES string of the molecule is C[C@H](CCC(=O)O)C1CC[C@H]2[C@@H]3CC[C@@H]4CC(NS(=O)(=O)c5cccc6c(N(C)C)cccc56)CC[C@]4(C)[C@H]3CC[C@]12C. The number of carbonyl (C=O) groups is 1. The zero-order valence-electron chi connectivity index (χ0n) is 26.8. The fourth-order valence-corrected chi connectivity index (χ4v) is 12.6. The zero-order chi connectivity index (χ0) is 30.7. The van der Waals surface area contributed by atoms with Gasteiger partial charge < -0.3 is 10.0 Å². The molecule has 2 unspecified atom stereocenters. The summed E-state index contributed by atoms with van der Waals surface area (Å²) in [6, 6.07) is 11.5. The molecule has 0 radical (unpaired) electrons. The lowest BCUT2D eigenvalue weighted by Gasteiger charge is -2.61. The zero-order valence-corrected chi connectivity index (χ0v) is 27.6. The molecule has 2 N–H and O–H groups in total. The third-order valence-electron chi connectivity index (χ3n) is 13.2. The third-order valence-corrected chi connectivity index (χ3v) is 14.8. The van der Waals surface area contributed by atoms with Crippen LogP contribution in [0.1, 0.15) is 91.4 Å². The number of fused-ring (bicyclic) bond motifs is 6.